The van der Waals surface area contributed by atoms with Crippen LogP contribution in [0, 0.1) is 0 Å². The van der Waals surface area contributed by atoms with Gasteiger partial charge in [-0.1, -0.05) is 176 Å². The summed E-state index contributed by atoms with van der Waals surface area (Å²) in [5.74, 6) is 1.94. The Kier molecular flexibility index (Phi) is 6.34. The normalized spacial score (nSPS) is 13.3. The van der Waals surface area contributed by atoms with E-state index in [1.54, 1.807) is 0 Å². The summed E-state index contributed by atoms with van der Waals surface area (Å²) >= 11 is 0. The molecule has 0 bridgehead atoms. The average molecular weight is 737 g/mol. The third-order valence-corrected chi connectivity index (χ3v) is 12.6. The molecule has 0 aliphatic heterocycles. The van der Waals surface area contributed by atoms with Gasteiger partial charge in [0.25, 0.3) is 0 Å². The maximum absolute atomic E-state index is 5.12. The number of hydrogen-bond acceptors (Lipinski definition) is 3. The first-order valence-electron chi connectivity index (χ1n) is 19.9. The Hall–Kier alpha value is -7.69. The van der Waals surface area contributed by atoms with Crippen LogP contribution in [0.15, 0.2) is 194 Å². The second-order valence-electron chi connectivity index (χ2n) is 15.5. The summed E-state index contributed by atoms with van der Waals surface area (Å²) in [5.41, 5.74) is 13.7. The van der Waals surface area contributed by atoms with Crippen molar-refractivity contribution in [3.8, 4) is 51.0 Å². The molecule has 2 aliphatic rings. The lowest BCUT2D eigenvalue weighted by atomic mass is 9.70. The SMILES string of the molecule is c1ccc(-c2nc(-c3ccccc3)nc(-c3ccc4c5ccccc5n(-c5cccc6c5-c5ccccc5C65c6cccc7ccc8cccc5c8c67)c4c3)n2)cc1. The van der Waals surface area contributed by atoms with Crippen LogP contribution in [0.3, 0.4) is 0 Å². The minimum atomic E-state index is -0.443. The van der Waals surface area contributed by atoms with E-state index in [2.05, 4.69) is 162 Å². The molecule has 0 N–H and O–H groups in total. The molecule has 13 rings (SSSR count). The molecule has 0 saturated heterocycles. The van der Waals surface area contributed by atoms with Crippen LogP contribution >= 0.6 is 0 Å². The van der Waals surface area contributed by atoms with Gasteiger partial charge in [-0.05, 0) is 67.6 Å². The Bertz CT molecular complexity index is 3390. The highest BCUT2D eigenvalue weighted by atomic mass is 15.0. The van der Waals surface area contributed by atoms with Gasteiger partial charge < -0.3 is 4.57 Å². The smallest absolute Gasteiger partial charge is 0.164 e. The summed E-state index contributed by atoms with van der Waals surface area (Å²) in [7, 11) is 0. The highest BCUT2D eigenvalue weighted by Crippen LogP contribution is 2.63. The minimum Gasteiger partial charge on any atom is -0.309 e. The summed E-state index contributed by atoms with van der Waals surface area (Å²) in [6, 6.07) is 70.2. The Morgan fingerprint density at radius 1 is 0.362 bits per heavy atom. The van der Waals surface area contributed by atoms with E-state index in [-0.39, 0.29) is 0 Å². The summed E-state index contributed by atoms with van der Waals surface area (Å²) in [4.78, 5) is 15.2. The van der Waals surface area contributed by atoms with Crippen molar-refractivity contribution in [2.45, 2.75) is 5.41 Å². The molecular formula is C54H32N4. The van der Waals surface area contributed by atoms with Crippen LogP contribution < -0.4 is 0 Å². The van der Waals surface area contributed by atoms with Crippen LogP contribution in [-0.4, -0.2) is 19.5 Å². The highest BCUT2D eigenvalue weighted by molar-refractivity contribution is 6.18. The average Bonchev–Trinajstić information content (AvgIpc) is 3.91. The second-order valence-corrected chi connectivity index (χ2v) is 15.5. The van der Waals surface area contributed by atoms with Crippen molar-refractivity contribution in [2.75, 3.05) is 0 Å². The van der Waals surface area contributed by atoms with E-state index in [0.29, 0.717) is 17.5 Å². The van der Waals surface area contributed by atoms with Crippen molar-refractivity contribution < 1.29 is 0 Å². The lowest BCUT2D eigenvalue weighted by molar-refractivity contribution is 0.796. The van der Waals surface area contributed by atoms with Crippen molar-refractivity contribution in [3.05, 3.63) is 216 Å². The lowest BCUT2D eigenvalue weighted by Gasteiger charge is -2.31. The van der Waals surface area contributed by atoms with Gasteiger partial charge in [0, 0.05) is 33.0 Å². The first-order chi connectivity index (χ1) is 28.8. The number of rotatable bonds is 4. The molecule has 58 heavy (non-hydrogen) atoms. The second kappa shape index (κ2) is 11.7. The Balaban J connectivity index is 1.10. The monoisotopic (exact) mass is 736 g/mol. The fourth-order valence-electron chi connectivity index (χ4n) is 10.3. The maximum Gasteiger partial charge on any atom is 0.164 e. The van der Waals surface area contributed by atoms with E-state index in [1.165, 1.54) is 65.7 Å². The van der Waals surface area contributed by atoms with Gasteiger partial charge >= 0.3 is 0 Å². The van der Waals surface area contributed by atoms with E-state index in [9.17, 15) is 0 Å². The van der Waals surface area contributed by atoms with Gasteiger partial charge in [-0.25, -0.2) is 15.0 Å². The number of benzene rings is 9. The Morgan fingerprint density at radius 3 is 1.59 bits per heavy atom. The van der Waals surface area contributed by atoms with Crippen LogP contribution in [0.4, 0.5) is 0 Å². The lowest BCUT2D eigenvalue weighted by Crippen LogP contribution is -2.26. The van der Waals surface area contributed by atoms with Gasteiger partial charge in [0.15, 0.2) is 17.5 Å². The van der Waals surface area contributed by atoms with Crippen molar-refractivity contribution in [2.24, 2.45) is 0 Å². The van der Waals surface area contributed by atoms with Crippen LogP contribution in [0.5, 0.6) is 0 Å². The van der Waals surface area contributed by atoms with Crippen LogP contribution in [0.1, 0.15) is 22.3 Å². The molecule has 1 spiro atoms. The highest BCUT2D eigenvalue weighted by Gasteiger charge is 2.51. The zero-order valence-electron chi connectivity index (χ0n) is 31.3. The van der Waals surface area contributed by atoms with Crippen molar-refractivity contribution in [1.82, 2.24) is 19.5 Å². The first kappa shape index (κ1) is 31.5. The van der Waals surface area contributed by atoms with E-state index in [0.717, 1.165) is 33.4 Å². The topological polar surface area (TPSA) is 43.6 Å². The molecular weight excluding hydrogens is 705 g/mol. The van der Waals surface area contributed by atoms with Crippen molar-refractivity contribution in [3.63, 3.8) is 0 Å². The van der Waals surface area contributed by atoms with Gasteiger partial charge in [-0.15, -0.1) is 0 Å². The molecule has 2 aliphatic carbocycles. The fraction of sp³-hybridized carbons (Fsp3) is 0.0185. The number of para-hydroxylation sites is 1. The van der Waals surface area contributed by atoms with Gasteiger partial charge in [0.2, 0.25) is 0 Å². The van der Waals surface area contributed by atoms with Gasteiger partial charge in [-0.2, -0.15) is 0 Å². The Morgan fingerprint density at radius 2 is 0.897 bits per heavy atom. The summed E-state index contributed by atoms with van der Waals surface area (Å²) in [6.07, 6.45) is 0. The van der Waals surface area contributed by atoms with E-state index in [1.807, 2.05) is 36.4 Å². The summed E-state index contributed by atoms with van der Waals surface area (Å²) < 4.78 is 2.48. The summed E-state index contributed by atoms with van der Waals surface area (Å²) in [6.45, 7) is 0. The standard InChI is InChI=1S/C54H32N4/c1-3-14-35(15-4-1)51-55-52(36-16-5-2-6-17-36)57-53(56-51)37-30-31-39-38-20-8-10-26-45(38)58(47(39)32-37)46-27-13-25-44-50(46)40-21-7-9-22-41(40)54(44)42-23-11-18-33-28-29-34-19-12-24-43(54)49(34)48(33)42/h1-32H. The third kappa shape index (κ3) is 4.10. The first-order valence-corrected chi connectivity index (χ1v) is 19.9. The van der Waals surface area contributed by atoms with E-state index < -0.39 is 5.41 Å². The summed E-state index contributed by atoms with van der Waals surface area (Å²) in [5, 5.41) is 7.70. The molecule has 0 saturated carbocycles. The molecule has 4 heteroatoms. The van der Waals surface area contributed by atoms with Crippen LogP contribution in [-0.2, 0) is 5.41 Å². The zero-order chi connectivity index (χ0) is 38.0. The van der Waals surface area contributed by atoms with Gasteiger partial charge in [0.05, 0.1) is 22.1 Å². The molecule has 0 unspecified atom stereocenters. The largest absolute Gasteiger partial charge is 0.309 e. The molecule has 2 aromatic heterocycles. The van der Waals surface area contributed by atoms with Crippen LogP contribution in [0.25, 0.3) is 94.3 Å². The molecule has 0 radical (unpaired) electrons. The van der Waals surface area contributed by atoms with E-state index >= 15 is 0 Å². The molecule has 268 valence electrons. The zero-order valence-corrected chi connectivity index (χ0v) is 31.3. The number of fused-ring (bicyclic) bond motifs is 10. The molecule has 11 aromatic rings. The fourth-order valence-corrected chi connectivity index (χ4v) is 10.3. The number of nitrogens with zero attached hydrogens (tertiary/aromatic N) is 4. The molecule has 0 fully saturated rings. The molecule has 9 aromatic carbocycles. The third-order valence-electron chi connectivity index (χ3n) is 12.6. The predicted octanol–water partition coefficient (Wildman–Crippen LogP) is 13.0. The Labute approximate surface area is 334 Å². The quantitative estimate of drug-likeness (QED) is 0.169. The van der Waals surface area contributed by atoms with Crippen molar-refractivity contribution in [1.29, 1.82) is 0 Å². The molecule has 4 nitrogen and oxygen atoms in total. The molecule has 0 amide bonds. The van der Waals surface area contributed by atoms with E-state index in [4.69, 9.17) is 15.0 Å². The van der Waals surface area contributed by atoms with Crippen molar-refractivity contribution >= 4 is 43.4 Å². The van der Waals surface area contributed by atoms with Gasteiger partial charge in [0.1, 0.15) is 0 Å². The minimum absolute atomic E-state index is 0.443. The number of hydrogen-bond donors (Lipinski definition) is 0. The van der Waals surface area contributed by atoms with Crippen LogP contribution in [0.2, 0.25) is 0 Å². The maximum atomic E-state index is 5.12. The van der Waals surface area contributed by atoms with Gasteiger partial charge in [-0.3, -0.25) is 0 Å². The predicted molar refractivity (Wildman–Crippen MR) is 236 cm³/mol. The molecule has 0 atom stereocenters. The molecule has 2 heterocycles. The number of aromatic nitrogens is 4.